The number of hydrogen-bond acceptors (Lipinski definition) is 8. The molecule has 0 aliphatic carbocycles. The number of benzene rings is 2. The first-order chi connectivity index (χ1) is 14.7. The van der Waals surface area contributed by atoms with E-state index < -0.39 is 39.0 Å². The summed E-state index contributed by atoms with van der Waals surface area (Å²) in [7, 11) is -2.32. The standard InChI is InChI=1S/C20H20N2O8S/c1-29-19-9-6-15(12-17(19)22(25)26)20(24)30-13-18(23)14-4-7-16(8-5-14)31(27,28)21-10-2-3-11-21/h4-9,12H,2-3,10-11,13H2,1H3. The number of carbonyl (C=O) groups excluding carboxylic acids is 2. The summed E-state index contributed by atoms with van der Waals surface area (Å²) in [5, 5.41) is 11.1. The van der Waals surface area contributed by atoms with Gasteiger partial charge in [-0.15, -0.1) is 0 Å². The van der Waals surface area contributed by atoms with Gasteiger partial charge in [0.25, 0.3) is 0 Å². The van der Waals surface area contributed by atoms with Crippen molar-refractivity contribution < 1.29 is 32.4 Å². The molecular weight excluding hydrogens is 428 g/mol. The number of sulfonamides is 1. The highest BCUT2D eigenvalue weighted by molar-refractivity contribution is 7.89. The molecule has 31 heavy (non-hydrogen) atoms. The van der Waals surface area contributed by atoms with Crippen molar-refractivity contribution in [1.82, 2.24) is 4.31 Å². The zero-order chi connectivity index (χ0) is 22.6. The Balaban J connectivity index is 1.65. The Morgan fingerprint density at radius 3 is 2.26 bits per heavy atom. The number of ketones is 1. The number of ether oxygens (including phenoxy) is 2. The Labute approximate surface area is 178 Å². The average Bonchev–Trinajstić information content (AvgIpc) is 3.32. The SMILES string of the molecule is COc1ccc(C(=O)OCC(=O)c2ccc(S(=O)(=O)N3CCCC3)cc2)cc1[N+](=O)[O-]. The molecule has 1 aliphatic heterocycles. The van der Waals surface area contributed by atoms with Crippen LogP contribution >= 0.6 is 0 Å². The van der Waals surface area contributed by atoms with Gasteiger partial charge in [-0.1, -0.05) is 0 Å². The molecule has 11 heteroatoms. The molecule has 0 unspecified atom stereocenters. The molecule has 2 aromatic carbocycles. The van der Waals surface area contributed by atoms with E-state index >= 15 is 0 Å². The summed E-state index contributed by atoms with van der Waals surface area (Å²) in [5.41, 5.74) is -0.334. The first kappa shape index (κ1) is 22.4. The minimum atomic E-state index is -3.59. The fourth-order valence-corrected chi connectivity index (χ4v) is 4.66. The third kappa shape index (κ3) is 4.89. The van der Waals surface area contributed by atoms with Crippen molar-refractivity contribution in [3.8, 4) is 5.75 Å². The van der Waals surface area contributed by atoms with E-state index in [1.807, 2.05) is 0 Å². The van der Waals surface area contributed by atoms with Crippen LogP contribution in [0.4, 0.5) is 5.69 Å². The number of esters is 1. The van der Waals surface area contributed by atoms with Crippen molar-refractivity contribution in [2.24, 2.45) is 0 Å². The van der Waals surface area contributed by atoms with Crippen molar-refractivity contribution in [3.63, 3.8) is 0 Å². The van der Waals surface area contributed by atoms with Gasteiger partial charge in [-0.25, -0.2) is 13.2 Å². The molecule has 0 amide bonds. The molecule has 1 heterocycles. The molecule has 164 valence electrons. The summed E-state index contributed by atoms with van der Waals surface area (Å²) in [4.78, 5) is 34.9. The third-order valence-corrected chi connectivity index (χ3v) is 6.74. The Morgan fingerprint density at radius 1 is 1.06 bits per heavy atom. The second-order valence-electron chi connectivity index (χ2n) is 6.78. The highest BCUT2D eigenvalue weighted by Gasteiger charge is 2.27. The van der Waals surface area contributed by atoms with Gasteiger partial charge in [-0.05, 0) is 49.2 Å². The monoisotopic (exact) mass is 448 g/mol. The number of nitro benzene ring substituents is 1. The van der Waals surface area contributed by atoms with Crippen LogP contribution in [0.3, 0.4) is 0 Å². The predicted octanol–water partition coefficient (Wildman–Crippen LogP) is 2.43. The molecule has 0 radical (unpaired) electrons. The maximum atomic E-state index is 12.5. The van der Waals surface area contributed by atoms with Crippen LogP contribution in [0.1, 0.15) is 33.6 Å². The summed E-state index contributed by atoms with van der Waals surface area (Å²) >= 11 is 0. The van der Waals surface area contributed by atoms with Crippen LogP contribution in [0.15, 0.2) is 47.4 Å². The first-order valence-electron chi connectivity index (χ1n) is 9.37. The molecule has 0 saturated carbocycles. The van der Waals surface area contributed by atoms with Crippen LogP contribution in [-0.4, -0.2) is 56.2 Å². The van der Waals surface area contributed by atoms with E-state index in [1.54, 1.807) is 0 Å². The predicted molar refractivity (Wildman–Crippen MR) is 109 cm³/mol. The smallest absolute Gasteiger partial charge is 0.338 e. The van der Waals surface area contributed by atoms with E-state index in [9.17, 15) is 28.1 Å². The Morgan fingerprint density at radius 2 is 1.68 bits per heavy atom. The van der Waals surface area contributed by atoms with Gasteiger partial charge >= 0.3 is 11.7 Å². The number of nitro groups is 1. The summed E-state index contributed by atoms with van der Waals surface area (Å²) in [6.45, 7) is 0.349. The van der Waals surface area contributed by atoms with Gasteiger partial charge in [0.2, 0.25) is 10.0 Å². The molecule has 0 N–H and O–H groups in total. The number of rotatable bonds is 8. The van der Waals surface area contributed by atoms with Crippen LogP contribution in [0.25, 0.3) is 0 Å². The average molecular weight is 448 g/mol. The molecule has 0 spiro atoms. The van der Waals surface area contributed by atoms with E-state index in [4.69, 9.17) is 9.47 Å². The lowest BCUT2D eigenvalue weighted by atomic mass is 10.1. The van der Waals surface area contributed by atoms with Crippen molar-refractivity contribution >= 4 is 27.5 Å². The van der Waals surface area contributed by atoms with Crippen LogP contribution < -0.4 is 4.74 Å². The lowest BCUT2D eigenvalue weighted by molar-refractivity contribution is -0.385. The molecule has 10 nitrogen and oxygen atoms in total. The normalized spacial score (nSPS) is 14.2. The van der Waals surface area contributed by atoms with E-state index in [-0.39, 0.29) is 21.8 Å². The number of hydrogen-bond donors (Lipinski definition) is 0. The number of methoxy groups -OCH3 is 1. The minimum Gasteiger partial charge on any atom is -0.490 e. The number of carbonyl (C=O) groups is 2. The first-order valence-corrected chi connectivity index (χ1v) is 10.8. The lowest BCUT2D eigenvalue weighted by Crippen LogP contribution is -2.27. The summed E-state index contributed by atoms with van der Waals surface area (Å²) in [6.07, 6.45) is 1.64. The van der Waals surface area contributed by atoms with Crippen LogP contribution in [0.5, 0.6) is 5.75 Å². The number of nitrogens with zero attached hydrogens (tertiary/aromatic N) is 2. The Kier molecular flexibility index (Phi) is 6.66. The van der Waals surface area contributed by atoms with Gasteiger partial charge in [0.1, 0.15) is 0 Å². The number of Topliss-reactive ketones (excluding diaryl/α,β-unsaturated/α-hetero) is 1. The van der Waals surface area contributed by atoms with Crippen molar-refractivity contribution in [2.45, 2.75) is 17.7 Å². The van der Waals surface area contributed by atoms with Gasteiger partial charge in [-0.2, -0.15) is 4.31 Å². The molecule has 1 saturated heterocycles. The van der Waals surface area contributed by atoms with E-state index in [0.717, 1.165) is 18.9 Å². The van der Waals surface area contributed by atoms with Crippen LogP contribution in [0.2, 0.25) is 0 Å². The highest BCUT2D eigenvalue weighted by atomic mass is 32.2. The van der Waals surface area contributed by atoms with Crippen LogP contribution in [0, 0.1) is 10.1 Å². The summed E-state index contributed by atoms with van der Waals surface area (Å²) in [5.74, 6) is -1.46. The summed E-state index contributed by atoms with van der Waals surface area (Å²) in [6, 6.07) is 8.95. The fraction of sp³-hybridized carbons (Fsp3) is 0.300. The quantitative estimate of drug-likeness (QED) is 0.260. The van der Waals surface area contributed by atoms with Gasteiger partial charge in [0.15, 0.2) is 18.1 Å². The second kappa shape index (κ2) is 9.23. The molecule has 2 aromatic rings. The molecule has 3 rings (SSSR count). The Hall–Kier alpha value is -3.31. The fourth-order valence-electron chi connectivity index (χ4n) is 3.15. The zero-order valence-electron chi connectivity index (χ0n) is 16.6. The molecule has 0 bridgehead atoms. The molecule has 1 fully saturated rings. The van der Waals surface area contributed by atoms with Crippen LogP contribution in [-0.2, 0) is 14.8 Å². The molecule has 0 aromatic heterocycles. The largest absolute Gasteiger partial charge is 0.490 e. The van der Waals surface area contributed by atoms with Crippen molar-refractivity contribution in [1.29, 1.82) is 0 Å². The molecule has 1 aliphatic rings. The minimum absolute atomic E-state index is 0.0124. The second-order valence-corrected chi connectivity index (χ2v) is 8.72. The van der Waals surface area contributed by atoms with E-state index in [2.05, 4.69) is 0 Å². The topological polar surface area (TPSA) is 133 Å². The summed E-state index contributed by atoms with van der Waals surface area (Å²) < 4.78 is 36.3. The molecule has 0 atom stereocenters. The Bertz CT molecular complexity index is 1110. The van der Waals surface area contributed by atoms with Gasteiger partial charge in [-0.3, -0.25) is 14.9 Å². The third-order valence-electron chi connectivity index (χ3n) is 4.82. The van der Waals surface area contributed by atoms with Gasteiger partial charge < -0.3 is 9.47 Å². The van der Waals surface area contributed by atoms with E-state index in [0.29, 0.717) is 13.1 Å². The van der Waals surface area contributed by atoms with Crippen molar-refractivity contribution in [2.75, 3.05) is 26.8 Å². The maximum Gasteiger partial charge on any atom is 0.338 e. The molecular formula is C20H20N2O8S. The lowest BCUT2D eigenvalue weighted by Gasteiger charge is -2.15. The zero-order valence-corrected chi connectivity index (χ0v) is 17.5. The highest BCUT2D eigenvalue weighted by Crippen LogP contribution is 2.28. The van der Waals surface area contributed by atoms with E-state index in [1.165, 1.54) is 47.8 Å². The van der Waals surface area contributed by atoms with Gasteiger partial charge in [0.05, 0.1) is 22.5 Å². The van der Waals surface area contributed by atoms with Crippen molar-refractivity contribution in [3.05, 3.63) is 63.7 Å². The maximum absolute atomic E-state index is 12.5. The van der Waals surface area contributed by atoms with Gasteiger partial charge in [0, 0.05) is 24.7 Å².